The van der Waals surface area contributed by atoms with Crippen LogP contribution in [0.25, 0.3) is 0 Å². The average molecular weight is 774 g/mol. The van der Waals surface area contributed by atoms with Gasteiger partial charge in [-0.3, -0.25) is 44.0 Å². The first-order valence-electron chi connectivity index (χ1n) is 17.7. The molecular formula is C33H48FN13O8. The number of unbranched alkanes of at least 4 members (excludes halogenated alkanes) is 1. The number of aromatic nitrogens is 3. The minimum absolute atomic E-state index is 0.0173. The van der Waals surface area contributed by atoms with Crippen molar-refractivity contribution >= 4 is 47.5 Å². The largest absolute Gasteiger partial charge is 0.481 e. The van der Waals surface area contributed by atoms with E-state index in [2.05, 4.69) is 47.6 Å². The molecule has 1 aliphatic rings. The smallest absolute Gasteiger partial charge is 0.337 e. The molecule has 0 bridgehead atoms. The van der Waals surface area contributed by atoms with E-state index in [1.54, 1.807) is 36.5 Å². The molecule has 0 saturated carbocycles. The maximum absolute atomic E-state index is 13.8. The highest BCUT2D eigenvalue weighted by Gasteiger charge is 2.32. The van der Waals surface area contributed by atoms with E-state index < -0.39 is 73.4 Å². The third-order valence-corrected chi connectivity index (χ3v) is 8.06. The van der Waals surface area contributed by atoms with E-state index in [0.29, 0.717) is 36.9 Å². The van der Waals surface area contributed by atoms with Crippen molar-refractivity contribution in [2.75, 3.05) is 26.3 Å². The van der Waals surface area contributed by atoms with E-state index in [0.717, 1.165) is 5.01 Å². The molecule has 0 unspecified atom stereocenters. The summed E-state index contributed by atoms with van der Waals surface area (Å²) in [5.41, 5.74) is 8.81. The molecule has 1 aromatic carbocycles. The lowest BCUT2D eigenvalue weighted by molar-refractivity contribution is -0.141. The van der Waals surface area contributed by atoms with Crippen LogP contribution in [0.5, 0.6) is 0 Å². The monoisotopic (exact) mass is 773 g/mol. The summed E-state index contributed by atoms with van der Waals surface area (Å²) in [4.78, 5) is 91.0. The SMILES string of the molecule is N=C(N)NCCC[C@@H]1NC(=O)[C@H](CCCCNC(=O)Cn2cc(CCCF)nn2)NC(=O)N(Cc2ccccc2)NC(=O)[C@H](CC(=O)O)NC(=O)CNC1=O. The van der Waals surface area contributed by atoms with Crippen molar-refractivity contribution in [2.45, 2.75) is 82.6 Å². The summed E-state index contributed by atoms with van der Waals surface area (Å²) in [5, 5.41) is 40.6. The van der Waals surface area contributed by atoms with Crippen LogP contribution >= 0.6 is 0 Å². The molecular weight excluding hydrogens is 725 g/mol. The van der Waals surface area contributed by atoms with Gasteiger partial charge < -0.3 is 42.7 Å². The Bertz CT molecular complexity index is 1640. The van der Waals surface area contributed by atoms with Gasteiger partial charge in [0.15, 0.2) is 5.96 Å². The maximum Gasteiger partial charge on any atom is 0.337 e. The standard InChI is InChI=1S/C33H48FN13O8/c34-13-6-10-22-19-46(45-43-22)20-27(49)37-14-5-4-11-24-30(53)41-23(12-7-15-38-32(35)36)29(52)39-17-26(48)40-25(16-28(50)51)31(54)44-47(33(55)42-24)18-21-8-2-1-3-9-21/h1-3,8-9,19,23-25H,4-7,10-18,20H2,(H,37,49)(H,39,52)(H,40,48)(H,41,53)(H,42,55)(H,44,54)(H,50,51)(H4,35,36,38)/t23-,24-,25-/m0/s1. The van der Waals surface area contributed by atoms with Crippen LogP contribution in [0.15, 0.2) is 36.5 Å². The highest BCUT2D eigenvalue weighted by Crippen LogP contribution is 2.09. The van der Waals surface area contributed by atoms with E-state index >= 15 is 0 Å². The number of urea groups is 1. The van der Waals surface area contributed by atoms with Crippen LogP contribution in [0.3, 0.4) is 0 Å². The van der Waals surface area contributed by atoms with Crippen LogP contribution in [-0.4, -0.2) is 117 Å². The number of aliphatic carboxylic acids is 1. The zero-order chi connectivity index (χ0) is 40.2. The number of hydrazine groups is 1. The summed E-state index contributed by atoms with van der Waals surface area (Å²) in [6.45, 7) is -1.13. The number of carboxylic acids is 1. The predicted octanol–water partition coefficient (Wildman–Crippen LogP) is -2.08. The highest BCUT2D eigenvalue weighted by molar-refractivity contribution is 5.96. The number of carboxylic acid groups (broad SMARTS) is 1. The van der Waals surface area contributed by atoms with Gasteiger partial charge in [0, 0.05) is 19.3 Å². The van der Waals surface area contributed by atoms with E-state index in [9.17, 15) is 43.1 Å². The van der Waals surface area contributed by atoms with Crippen molar-refractivity contribution in [1.82, 2.24) is 57.3 Å². The number of carbonyl (C=O) groups is 7. The molecule has 21 nitrogen and oxygen atoms in total. The number of carbonyl (C=O) groups excluding carboxylic acids is 6. The Hall–Kier alpha value is -6.35. The van der Waals surface area contributed by atoms with Crippen LogP contribution in [-0.2, 0) is 48.3 Å². The molecule has 7 amide bonds. The van der Waals surface area contributed by atoms with Gasteiger partial charge in [-0.25, -0.2) is 14.5 Å². The molecule has 300 valence electrons. The number of hydrogen-bond donors (Lipinski definition) is 10. The topological polar surface area (TPSA) is 308 Å². The Labute approximate surface area is 315 Å². The van der Waals surface area contributed by atoms with Crippen LogP contribution in [0.1, 0.15) is 56.2 Å². The van der Waals surface area contributed by atoms with E-state index in [1.807, 2.05) is 0 Å². The van der Waals surface area contributed by atoms with Gasteiger partial charge in [0.2, 0.25) is 23.6 Å². The maximum atomic E-state index is 13.8. The van der Waals surface area contributed by atoms with Crippen LogP contribution in [0.4, 0.5) is 9.18 Å². The molecule has 2 heterocycles. The zero-order valence-corrected chi connectivity index (χ0v) is 30.1. The van der Waals surface area contributed by atoms with Crippen molar-refractivity contribution in [3.63, 3.8) is 0 Å². The normalized spacial score (nSPS) is 18.4. The molecule has 1 fully saturated rings. The second-order valence-corrected chi connectivity index (χ2v) is 12.6. The molecule has 1 saturated heterocycles. The lowest BCUT2D eigenvalue weighted by atomic mass is 10.1. The summed E-state index contributed by atoms with van der Waals surface area (Å²) in [6, 6.07) is 3.36. The number of guanidine groups is 1. The zero-order valence-electron chi connectivity index (χ0n) is 30.1. The summed E-state index contributed by atoms with van der Waals surface area (Å²) in [6.07, 6.45) is 2.34. The second kappa shape index (κ2) is 22.7. The second-order valence-electron chi connectivity index (χ2n) is 12.6. The molecule has 0 aliphatic carbocycles. The van der Waals surface area contributed by atoms with Gasteiger partial charge in [0.05, 0.1) is 31.9 Å². The lowest BCUT2D eigenvalue weighted by Gasteiger charge is -2.28. The Kier molecular flexibility index (Phi) is 17.7. The number of amides is 7. The van der Waals surface area contributed by atoms with E-state index in [1.165, 1.54) is 4.68 Å². The van der Waals surface area contributed by atoms with Crippen molar-refractivity contribution in [3.8, 4) is 0 Å². The highest BCUT2D eigenvalue weighted by atomic mass is 19.1. The molecule has 0 radical (unpaired) electrons. The number of nitrogens with two attached hydrogens (primary N) is 1. The van der Waals surface area contributed by atoms with Crippen molar-refractivity contribution in [2.24, 2.45) is 5.73 Å². The molecule has 1 aromatic heterocycles. The first-order valence-corrected chi connectivity index (χ1v) is 17.7. The number of nitrogens with one attached hydrogen (secondary N) is 8. The first kappa shape index (κ1) is 43.1. The number of nitrogens with zero attached hydrogens (tertiary/aromatic N) is 4. The number of alkyl halides is 1. The number of benzene rings is 1. The number of rotatable bonds is 18. The lowest BCUT2D eigenvalue weighted by Crippen LogP contribution is -2.59. The Morgan fingerprint density at radius 1 is 0.909 bits per heavy atom. The van der Waals surface area contributed by atoms with Gasteiger partial charge in [-0.2, -0.15) is 0 Å². The summed E-state index contributed by atoms with van der Waals surface area (Å²) in [5.74, 6) is -5.58. The molecule has 2 aromatic rings. The molecule has 22 heteroatoms. The number of hydrogen-bond acceptors (Lipinski definition) is 10. The Morgan fingerprint density at radius 3 is 2.33 bits per heavy atom. The van der Waals surface area contributed by atoms with Gasteiger partial charge in [0.25, 0.3) is 5.91 Å². The fourth-order valence-corrected chi connectivity index (χ4v) is 5.31. The molecule has 3 atom stereocenters. The van der Waals surface area contributed by atoms with Gasteiger partial charge in [-0.05, 0) is 50.5 Å². The molecule has 1 aliphatic heterocycles. The van der Waals surface area contributed by atoms with Crippen LogP contribution in [0.2, 0.25) is 0 Å². The van der Waals surface area contributed by atoms with E-state index in [-0.39, 0.29) is 57.3 Å². The molecule has 0 spiro atoms. The van der Waals surface area contributed by atoms with Gasteiger partial charge in [-0.15, -0.1) is 5.10 Å². The minimum atomic E-state index is -1.65. The molecule has 55 heavy (non-hydrogen) atoms. The number of aryl methyl sites for hydroxylation is 1. The Morgan fingerprint density at radius 2 is 1.62 bits per heavy atom. The van der Waals surface area contributed by atoms with Crippen molar-refractivity contribution in [3.05, 3.63) is 47.8 Å². The molecule has 11 N–H and O–H groups in total. The summed E-state index contributed by atoms with van der Waals surface area (Å²) in [7, 11) is 0. The third kappa shape index (κ3) is 16.1. The van der Waals surface area contributed by atoms with Crippen LogP contribution < -0.4 is 43.1 Å². The first-order chi connectivity index (χ1) is 26.3. The summed E-state index contributed by atoms with van der Waals surface area (Å²) < 4.78 is 13.8. The third-order valence-electron chi connectivity index (χ3n) is 8.06. The fraction of sp³-hybridized carbons (Fsp3) is 0.515. The van der Waals surface area contributed by atoms with Crippen molar-refractivity contribution < 1.29 is 43.1 Å². The predicted molar refractivity (Wildman–Crippen MR) is 192 cm³/mol. The van der Waals surface area contributed by atoms with Gasteiger partial charge in [-0.1, -0.05) is 35.5 Å². The Balaban J connectivity index is 1.80. The van der Waals surface area contributed by atoms with E-state index in [4.69, 9.17) is 11.1 Å². The van der Waals surface area contributed by atoms with Gasteiger partial charge >= 0.3 is 12.0 Å². The quantitative estimate of drug-likeness (QED) is 0.0443. The fourth-order valence-electron chi connectivity index (χ4n) is 5.31. The van der Waals surface area contributed by atoms with Gasteiger partial charge in [0.1, 0.15) is 24.7 Å². The van der Waals surface area contributed by atoms with Crippen LogP contribution in [0, 0.1) is 5.41 Å². The number of halogens is 1. The minimum Gasteiger partial charge on any atom is -0.481 e. The average Bonchev–Trinajstić information content (AvgIpc) is 3.59. The molecule has 3 rings (SSSR count). The summed E-state index contributed by atoms with van der Waals surface area (Å²) >= 11 is 0. The van der Waals surface area contributed by atoms with Crippen molar-refractivity contribution in [1.29, 1.82) is 5.41 Å².